The molecule has 1 heterocycles. The number of carbonyl (C=O) groups is 1. The van der Waals surface area contributed by atoms with Gasteiger partial charge in [-0.3, -0.25) is 4.79 Å². The molecule has 0 bridgehead atoms. The van der Waals surface area contributed by atoms with Gasteiger partial charge in [-0.2, -0.15) is 4.31 Å². The quantitative estimate of drug-likeness (QED) is 0.417. The SMILES string of the molecule is CC1=CC(=O)[C@]23CCCN(S(=O)(=O)c4ccc(C)cc4)CCC[C@@H]2[C@@H](O[Si](C)(C)C(C)(C)C)C[C@@H]3C1. The Morgan fingerprint density at radius 2 is 1.69 bits per heavy atom. The second-order valence-electron chi connectivity index (χ2n) is 13.0. The average Bonchev–Trinajstić information content (AvgIpc) is 3.09. The second-order valence-corrected chi connectivity index (χ2v) is 19.7. The molecule has 4 rings (SSSR count). The average molecular weight is 532 g/mol. The van der Waals surface area contributed by atoms with E-state index >= 15 is 0 Å². The van der Waals surface area contributed by atoms with E-state index in [1.165, 1.54) is 5.57 Å². The van der Waals surface area contributed by atoms with E-state index in [0.29, 0.717) is 24.4 Å². The fourth-order valence-electron chi connectivity index (χ4n) is 6.63. The highest BCUT2D eigenvalue weighted by Gasteiger charge is 2.60. The van der Waals surface area contributed by atoms with Crippen molar-refractivity contribution in [2.45, 2.75) is 102 Å². The summed E-state index contributed by atoms with van der Waals surface area (Å²) in [6.45, 7) is 16.4. The molecular formula is C29H45NO4SSi. The molecule has 2 aliphatic carbocycles. The van der Waals surface area contributed by atoms with Crippen molar-refractivity contribution in [1.29, 1.82) is 0 Å². The first-order valence-electron chi connectivity index (χ1n) is 13.6. The zero-order valence-electron chi connectivity index (χ0n) is 23.3. The first kappa shape index (κ1) is 27.7. The Morgan fingerprint density at radius 3 is 2.33 bits per heavy atom. The van der Waals surface area contributed by atoms with Gasteiger partial charge in [-0.1, -0.05) is 44.0 Å². The predicted octanol–water partition coefficient (Wildman–Crippen LogP) is 6.49. The van der Waals surface area contributed by atoms with Crippen LogP contribution in [-0.2, 0) is 19.2 Å². The molecule has 0 radical (unpaired) electrons. The Hall–Kier alpha value is -1.28. The number of nitrogens with zero attached hydrogens (tertiary/aromatic N) is 1. The first-order valence-corrected chi connectivity index (χ1v) is 18.0. The molecular weight excluding hydrogens is 486 g/mol. The lowest BCUT2D eigenvalue weighted by atomic mass is 9.61. The third kappa shape index (κ3) is 4.93. The van der Waals surface area contributed by atoms with Crippen LogP contribution in [0.2, 0.25) is 18.1 Å². The molecule has 5 nitrogen and oxygen atoms in total. The first-order chi connectivity index (χ1) is 16.7. The van der Waals surface area contributed by atoms with Gasteiger partial charge in [0.15, 0.2) is 14.1 Å². The maximum Gasteiger partial charge on any atom is 0.243 e. The van der Waals surface area contributed by atoms with E-state index in [4.69, 9.17) is 4.43 Å². The minimum absolute atomic E-state index is 0.0689. The van der Waals surface area contributed by atoms with Crippen LogP contribution in [0.4, 0.5) is 0 Å². The van der Waals surface area contributed by atoms with Crippen molar-refractivity contribution in [3.8, 4) is 0 Å². The summed E-state index contributed by atoms with van der Waals surface area (Å²) in [6.07, 6.45) is 6.86. The summed E-state index contributed by atoms with van der Waals surface area (Å²) < 4.78 is 35.7. The number of carbonyl (C=O) groups excluding carboxylic acids is 1. The second kappa shape index (κ2) is 9.79. The van der Waals surface area contributed by atoms with E-state index in [2.05, 4.69) is 40.8 Å². The van der Waals surface area contributed by atoms with Crippen LogP contribution in [0.3, 0.4) is 0 Å². The molecule has 0 unspecified atom stereocenters. The fourth-order valence-corrected chi connectivity index (χ4v) is 9.52. The van der Waals surface area contributed by atoms with Crippen LogP contribution in [0.5, 0.6) is 0 Å². The molecule has 0 N–H and O–H groups in total. The van der Waals surface area contributed by atoms with Gasteiger partial charge >= 0.3 is 0 Å². The minimum atomic E-state index is -3.56. The maximum atomic E-state index is 13.8. The van der Waals surface area contributed by atoms with Crippen LogP contribution in [0.25, 0.3) is 0 Å². The number of ketones is 1. The van der Waals surface area contributed by atoms with Gasteiger partial charge in [-0.25, -0.2) is 8.42 Å². The Balaban J connectivity index is 1.64. The molecule has 1 saturated carbocycles. The molecule has 0 amide bonds. The lowest BCUT2D eigenvalue weighted by Crippen LogP contribution is -2.48. The number of benzene rings is 1. The molecule has 3 aliphatic rings. The molecule has 7 heteroatoms. The van der Waals surface area contributed by atoms with Gasteiger partial charge < -0.3 is 4.43 Å². The van der Waals surface area contributed by atoms with Crippen molar-refractivity contribution in [2.24, 2.45) is 17.3 Å². The Morgan fingerprint density at radius 1 is 1.06 bits per heavy atom. The number of rotatable bonds is 4. The highest BCUT2D eigenvalue weighted by atomic mass is 32.2. The summed E-state index contributed by atoms with van der Waals surface area (Å²) >= 11 is 0. The van der Waals surface area contributed by atoms with Crippen molar-refractivity contribution < 1.29 is 17.6 Å². The molecule has 0 aromatic heterocycles. The van der Waals surface area contributed by atoms with Crippen LogP contribution in [0.1, 0.15) is 71.8 Å². The minimum Gasteiger partial charge on any atom is -0.414 e. The zero-order valence-corrected chi connectivity index (χ0v) is 25.1. The molecule has 1 aromatic rings. The molecule has 1 saturated heterocycles. The molecule has 200 valence electrons. The third-order valence-corrected chi connectivity index (χ3v) is 16.0. The lowest BCUT2D eigenvalue weighted by molar-refractivity contribution is -0.131. The summed E-state index contributed by atoms with van der Waals surface area (Å²) in [5.74, 6) is 0.697. The van der Waals surface area contributed by atoms with Crippen molar-refractivity contribution in [2.75, 3.05) is 13.1 Å². The van der Waals surface area contributed by atoms with Crippen LogP contribution in [0, 0.1) is 24.2 Å². The largest absolute Gasteiger partial charge is 0.414 e. The maximum absolute atomic E-state index is 13.8. The van der Waals surface area contributed by atoms with E-state index in [1.54, 1.807) is 16.4 Å². The van der Waals surface area contributed by atoms with Gasteiger partial charge in [0.2, 0.25) is 10.0 Å². The highest BCUT2D eigenvalue weighted by molar-refractivity contribution is 7.89. The standard InChI is InChI=1S/C29H45NO4SSi/c1-21-11-13-24(14-12-21)35(32,33)30-16-8-10-25-26(34-36(6,7)28(3,4)5)20-23-18-22(2)19-27(31)29(23,25)15-9-17-30/h11-14,19,23,25-26H,8-10,15-18,20H2,1-7H3/t23-,25+,26-,29-/m0/s1. The summed E-state index contributed by atoms with van der Waals surface area (Å²) in [6, 6.07) is 7.13. The predicted molar refractivity (Wildman–Crippen MR) is 148 cm³/mol. The van der Waals surface area contributed by atoms with Gasteiger partial charge in [0, 0.05) is 24.6 Å². The highest BCUT2D eigenvalue weighted by Crippen LogP contribution is 2.59. The monoisotopic (exact) mass is 531 g/mol. The molecule has 4 atom stereocenters. The van der Waals surface area contributed by atoms with Gasteiger partial charge in [0.25, 0.3) is 0 Å². The fraction of sp³-hybridized carbons (Fsp3) is 0.690. The molecule has 1 aromatic carbocycles. The Labute approximate surface area is 219 Å². The van der Waals surface area contributed by atoms with Gasteiger partial charge in [0.05, 0.1) is 4.90 Å². The van der Waals surface area contributed by atoms with E-state index in [0.717, 1.165) is 37.7 Å². The molecule has 36 heavy (non-hydrogen) atoms. The Kier molecular flexibility index (Phi) is 7.54. The molecule has 1 aliphatic heterocycles. The topological polar surface area (TPSA) is 63.7 Å². The van der Waals surface area contributed by atoms with Crippen molar-refractivity contribution >= 4 is 24.1 Å². The van der Waals surface area contributed by atoms with Crippen molar-refractivity contribution in [3.05, 3.63) is 41.5 Å². The van der Waals surface area contributed by atoms with Gasteiger partial charge in [-0.05, 0) is 101 Å². The third-order valence-electron chi connectivity index (χ3n) is 9.59. The number of sulfonamides is 1. The van der Waals surface area contributed by atoms with Crippen molar-refractivity contribution in [1.82, 2.24) is 4.31 Å². The van der Waals surface area contributed by atoms with Crippen LogP contribution in [-0.4, -0.2) is 46.0 Å². The Bertz CT molecular complexity index is 1120. The van der Waals surface area contributed by atoms with Crippen LogP contribution < -0.4 is 0 Å². The summed E-state index contributed by atoms with van der Waals surface area (Å²) in [7, 11) is -5.58. The van der Waals surface area contributed by atoms with E-state index in [-0.39, 0.29) is 28.8 Å². The molecule has 1 spiro atoms. The van der Waals surface area contributed by atoms with E-state index in [9.17, 15) is 13.2 Å². The van der Waals surface area contributed by atoms with Crippen molar-refractivity contribution in [3.63, 3.8) is 0 Å². The number of aryl methyl sites for hydroxylation is 1. The number of hydrogen-bond acceptors (Lipinski definition) is 4. The van der Waals surface area contributed by atoms with Crippen LogP contribution >= 0.6 is 0 Å². The summed E-state index contributed by atoms with van der Waals surface area (Å²) in [5.41, 5.74) is 1.80. The van der Waals surface area contributed by atoms with Gasteiger partial charge in [-0.15, -0.1) is 0 Å². The zero-order chi connectivity index (χ0) is 26.5. The number of hydrogen-bond donors (Lipinski definition) is 0. The lowest BCUT2D eigenvalue weighted by Gasteiger charge is -2.44. The van der Waals surface area contributed by atoms with E-state index in [1.807, 2.05) is 25.1 Å². The van der Waals surface area contributed by atoms with Gasteiger partial charge in [0.1, 0.15) is 0 Å². The summed E-state index contributed by atoms with van der Waals surface area (Å²) in [4.78, 5) is 14.2. The normalized spacial score (nSPS) is 30.6. The van der Waals surface area contributed by atoms with E-state index < -0.39 is 23.8 Å². The smallest absolute Gasteiger partial charge is 0.243 e. The number of allylic oxidation sites excluding steroid dienone is 2. The summed E-state index contributed by atoms with van der Waals surface area (Å²) in [5, 5.41) is 0.101. The van der Waals surface area contributed by atoms with Crippen LogP contribution in [0.15, 0.2) is 40.8 Å². The molecule has 2 fully saturated rings.